The third kappa shape index (κ3) is 3.10. The summed E-state index contributed by atoms with van der Waals surface area (Å²) in [6.07, 6.45) is 3.07. The van der Waals surface area contributed by atoms with Crippen LogP contribution in [0, 0.1) is 5.92 Å². The molecule has 0 radical (unpaired) electrons. The summed E-state index contributed by atoms with van der Waals surface area (Å²) in [6, 6.07) is 0.321. The predicted molar refractivity (Wildman–Crippen MR) is 63.1 cm³/mol. The lowest BCUT2D eigenvalue weighted by molar-refractivity contribution is 0.570. The Bertz CT molecular complexity index is 295. The third-order valence-electron chi connectivity index (χ3n) is 2.13. The molecule has 78 valence electrons. The van der Waals surface area contributed by atoms with Gasteiger partial charge in [0.25, 0.3) is 0 Å². The maximum absolute atomic E-state index is 5.92. The molecule has 1 heterocycles. The molecule has 0 aromatic carbocycles. The van der Waals surface area contributed by atoms with Gasteiger partial charge in [-0.25, -0.2) is 9.97 Å². The van der Waals surface area contributed by atoms with Gasteiger partial charge < -0.3 is 5.32 Å². The maximum Gasteiger partial charge on any atom is 0.148 e. The molecule has 5 heteroatoms. The number of hydrogen-bond donors (Lipinski definition) is 1. The van der Waals surface area contributed by atoms with Crippen molar-refractivity contribution < 1.29 is 0 Å². The van der Waals surface area contributed by atoms with Crippen molar-refractivity contribution in [2.45, 2.75) is 19.9 Å². The standard InChI is InChI=1S/C9H13BrClN3/c1-6(3-10)7(2)14-9-8(11)4-12-5-13-9/h4-7H,3H2,1-2H3,(H,12,13,14). The highest BCUT2D eigenvalue weighted by molar-refractivity contribution is 9.09. The molecule has 1 N–H and O–H groups in total. The van der Waals surface area contributed by atoms with Gasteiger partial charge in [-0.05, 0) is 12.8 Å². The van der Waals surface area contributed by atoms with Gasteiger partial charge in [0.15, 0.2) is 0 Å². The van der Waals surface area contributed by atoms with Crippen LogP contribution in [0.2, 0.25) is 5.02 Å². The topological polar surface area (TPSA) is 37.8 Å². The summed E-state index contributed by atoms with van der Waals surface area (Å²) in [4.78, 5) is 7.89. The Morgan fingerprint density at radius 1 is 1.57 bits per heavy atom. The number of alkyl halides is 1. The van der Waals surface area contributed by atoms with Crippen molar-refractivity contribution in [2.24, 2.45) is 5.92 Å². The monoisotopic (exact) mass is 277 g/mol. The normalized spacial score (nSPS) is 14.9. The summed E-state index contributed by atoms with van der Waals surface area (Å²) in [5.41, 5.74) is 0. The molecule has 14 heavy (non-hydrogen) atoms. The van der Waals surface area contributed by atoms with E-state index in [0.717, 1.165) is 5.33 Å². The zero-order valence-electron chi connectivity index (χ0n) is 8.17. The second-order valence-electron chi connectivity index (χ2n) is 3.28. The lowest BCUT2D eigenvalue weighted by atomic mass is 10.1. The molecule has 0 bridgehead atoms. The minimum absolute atomic E-state index is 0.321. The summed E-state index contributed by atoms with van der Waals surface area (Å²) < 4.78 is 0. The lowest BCUT2D eigenvalue weighted by Gasteiger charge is -2.20. The van der Waals surface area contributed by atoms with E-state index in [-0.39, 0.29) is 0 Å². The van der Waals surface area contributed by atoms with Crippen LogP contribution in [0.15, 0.2) is 12.5 Å². The molecule has 0 saturated carbocycles. The van der Waals surface area contributed by atoms with Crippen molar-refractivity contribution in [1.29, 1.82) is 0 Å². The Hall–Kier alpha value is -0.350. The van der Waals surface area contributed by atoms with E-state index in [0.29, 0.717) is 22.8 Å². The smallest absolute Gasteiger partial charge is 0.148 e. The van der Waals surface area contributed by atoms with Crippen LogP contribution in [0.5, 0.6) is 0 Å². The Labute approximate surface area is 97.4 Å². The molecule has 0 spiro atoms. The van der Waals surface area contributed by atoms with Crippen molar-refractivity contribution >= 4 is 33.3 Å². The zero-order chi connectivity index (χ0) is 10.6. The number of nitrogens with one attached hydrogen (secondary N) is 1. The van der Waals surface area contributed by atoms with Gasteiger partial charge in [0.2, 0.25) is 0 Å². The van der Waals surface area contributed by atoms with Gasteiger partial charge in [-0.15, -0.1) is 0 Å². The highest BCUT2D eigenvalue weighted by atomic mass is 79.9. The molecule has 0 saturated heterocycles. The minimum Gasteiger partial charge on any atom is -0.366 e. The van der Waals surface area contributed by atoms with E-state index in [2.05, 4.69) is 45.1 Å². The summed E-state index contributed by atoms with van der Waals surface area (Å²) in [5, 5.41) is 4.75. The van der Waals surface area contributed by atoms with Crippen LogP contribution in [-0.4, -0.2) is 21.3 Å². The Morgan fingerprint density at radius 2 is 2.29 bits per heavy atom. The zero-order valence-corrected chi connectivity index (χ0v) is 10.5. The van der Waals surface area contributed by atoms with Crippen molar-refractivity contribution in [2.75, 3.05) is 10.6 Å². The first-order valence-corrected chi connectivity index (χ1v) is 5.93. The summed E-state index contributed by atoms with van der Waals surface area (Å²) in [7, 11) is 0. The largest absolute Gasteiger partial charge is 0.366 e. The molecular weight excluding hydrogens is 265 g/mol. The van der Waals surface area contributed by atoms with Gasteiger partial charge in [-0.3, -0.25) is 0 Å². The Kier molecular flexibility index (Phi) is 4.62. The number of halogens is 2. The van der Waals surface area contributed by atoms with Crippen molar-refractivity contribution in [3.63, 3.8) is 0 Å². The molecule has 2 unspecified atom stereocenters. The number of rotatable bonds is 4. The van der Waals surface area contributed by atoms with Crippen LogP contribution in [0.1, 0.15) is 13.8 Å². The van der Waals surface area contributed by atoms with Crippen LogP contribution >= 0.6 is 27.5 Å². The van der Waals surface area contributed by atoms with Crippen molar-refractivity contribution in [3.8, 4) is 0 Å². The number of nitrogens with zero attached hydrogens (tertiary/aromatic N) is 2. The van der Waals surface area contributed by atoms with Gasteiger partial charge in [-0.1, -0.05) is 34.5 Å². The van der Waals surface area contributed by atoms with Crippen LogP contribution < -0.4 is 5.32 Å². The van der Waals surface area contributed by atoms with Gasteiger partial charge in [0, 0.05) is 11.4 Å². The Morgan fingerprint density at radius 3 is 2.86 bits per heavy atom. The van der Waals surface area contributed by atoms with Gasteiger partial charge in [-0.2, -0.15) is 0 Å². The fourth-order valence-corrected chi connectivity index (χ4v) is 1.63. The molecule has 0 aliphatic carbocycles. The van der Waals surface area contributed by atoms with E-state index < -0.39 is 0 Å². The van der Waals surface area contributed by atoms with E-state index >= 15 is 0 Å². The molecule has 0 fully saturated rings. The molecule has 0 aliphatic rings. The SMILES string of the molecule is CC(CBr)C(C)Nc1ncncc1Cl. The summed E-state index contributed by atoms with van der Waals surface area (Å²) >= 11 is 9.36. The van der Waals surface area contributed by atoms with Crippen molar-refractivity contribution in [1.82, 2.24) is 9.97 Å². The first kappa shape index (κ1) is 11.7. The fourth-order valence-electron chi connectivity index (χ4n) is 0.910. The molecule has 3 nitrogen and oxygen atoms in total. The maximum atomic E-state index is 5.92. The number of anilines is 1. The first-order chi connectivity index (χ1) is 6.65. The van der Waals surface area contributed by atoms with Crippen LogP contribution in [0.25, 0.3) is 0 Å². The van der Waals surface area contributed by atoms with Crippen LogP contribution in [-0.2, 0) is 0 Å². The lowest BCUT2D eigenvalue weighted by Crippen LogP contribution is -2.25. The molecular formula is C9H13BrClN3. The number of aromatic nitrogens is 2. The van der Waals surface area contributed by atoms with E-state index in [9.17, 15) is 0 Å². The molecule has 1 aromatic rings. The average molecular weight is 279 g/mol. The van der Waals surface area contributed by atoms with E-state index in [4.69, 9.17) is 11.6 Å². The highest BCUT2D eigenvalue weighted by Crippen LogP contribution is 2.19. The molecule has 1 aromatic heterocycles. The fraction of sp³-hybridized carbons (Fsp3) is 0.556. The van der Waals surface area contributed by atoms with Crippen LogP contribution in [0.3, 0.4) is 0 Å². The molecule has 2 atom stereocenters. The quantitative estimate of drug-likeness (QED) is 0.861. The van der Waals surface area contributed by atoms with E-state index in [1.807, 2.05) is 0 Å². The predicted octanol–water partition coefficient (Wildman–Crippen LogP) is 2.96. The summed E-state index contributed by atoms with van der Waals surface area (Å²) in [5.74, 6) is 1.21. The van der Waals surface area contributed by atoms with Gasteiger partial charge >= 0.3 is 0 Å². The highest BCUT2D eigenvalue weighted by Gasteiger charge is 2.12. The first-order valence-electron chi connectivity index (χ1n) is 4.43. The Balaban J connectivity index is 2.64. The molecule has 0 amide bonds. The average Bonchev–Trinajstić information content (AvgIpc) is 2.20. The molecule has 1 rings (SSSR count). The van der Waals surface area contributed by atoms with E-state index in [1.165, 1.54) is 6.33 Å². The minimum atomic E-state index is 0.321. The third-order valence-corrected chi connectivity index (χ3v) is 3.43. The second kappa shape index (κ2) is 5.51. The van der Waals surface area contributed by atoms with Gasteiger partial charge in [0.05, 0.1) is 6.20 Å². The van der Waals surface area contributed by atoms with Crippen molar-refractivity contribution in [3.05, 3.63) is 17.5 Å². The molecule has 0 aliphatic heterocycles. The number of hydrogen-bond acceptors (Lipinski definition) is 3. The second-order valence-corrected chi connectivity index (χ2v) is 4.34. The van der Waals surface area contributed by atoms with E-state index in [1.54, 1.807) is 6.20 Å². The van der Waals surface area contributed by atoms with Gasteiger partial charge in [0.1, 0.15) is 17.2 Å². The van der Waals surface area contributed by atoms with Crippen LogP contribution in [0.4, 0.5) is 5.82 Å². The summed E-state index contributed by atoms with van der Waals surface area (Å²) in [6.45, 7) is 4.26.